The molecule has 14 heavy (non-hydrogen) atoms. The topological polar surface area (TPSA) is 26.3 Å². The van der Waals surface area contributed by atoms with E-state index in [9.17, 15) is 4.79 Å². The lowest BCUT2D eigenvalue weighted by Crippen LogP contribution is -2.08. The fourth-order valence-corrected chi connectivity index (χ4v) is 1.40. The molecule has 0 aromatic rings. The minimum Gasteiger partial charge on any atom is -0.427 e. The molecular weight excluding hydrogens is 176 g/mol. The lowest BCUT2D eigenvalue weighted by Gasteiger charge is -2.19. The highest BCUT2D eigenvalue weighted by molar-refractivity contribution is 5.68. The first-order chi connectivity index (χ1) is 6.50. The Morgan fingerprint density at radius 1 is 1.57 bits per heavy atom. The molecule has 0 saturated carbocycles. The van der Waals surface area contributed by atoms with Gasteiger partial charge in [-0.25, -0.2) is 0 Å². The Morgan fingerprint density at radius 2 is 2.21 bits per heavy atom. The van der Waals surface area contributed by atoms with Crippen LogP contribution in [-0.2, 0) is 9.53 Å². The van der Waals surface area contributed by atoms with E-state index in [2.05, 4.69) is 12.7 Å². The van der Waals surface area contributed by atoms with Crippen molar-refractivity contribution >= 4 is 5.97 Å². The first kappa shape index (κ1) is 10.8. The van der Waals surface area contributed by atoms with Crippen molar-refractivity contribution in [2.75, 3.05) is 0 Å². The maximum atomic E-state index is 10.8. The second kappa shape index (κ2) is 4.27. The summed E-state index contributed by atoms with van der Waals surface area (Å²) in [5.74, 6) is 0.705. The van der Waals surface area contributed by atoms with E-state index < -0.39 is 0 Å². The minimum absolute atomic E-state index is 0.272. The summed E-state index contributed by atoms with van der Waals surface area (Å²) < 4.78 is 5.10. The highest BCUT2D eigenvalue weighted by Crippen LogP contribution is 2.27. The Labute approximate surface area is 85.0 Å². The predicted octanol–water partition coefficient (Wildman–Crippen LogP) is 2.98. The van der Waals surface area contributed by atoms with E-state index in [0.29, 0.717) is 11.7 Å². The van der Waals surface area contributed by atoms with Crippen molar-refractivity contribution in [1.82, 2.24) is 0 Å². The quantitative estimate of drug-likeness (QED) is 0.496. The second-order valence-electron chi connectivity index (χ2n) is 3.70. The number of hydrogen-bond donors (Lipinski definition) is 0. The van der Waals surface area contributed by atoms with Crippen molar-refractivity contribution in [2.45, 2.75) is 27.2 Å². The molecule has 0 bridgehead atoms. The number of rotatable bonds is 2. The molecule has 0 fully saturated rings. The van der Waals surface area contributed by atoms with Gasteiger partial charge in [-0.3, -0.25) is 4.79 Å². The third-order valence-corrected chi connectivity index (χ3v) is 2.31. The molecule has 0 N–H and O–H groups in total. The van der Waals surface area contributed by atoms with Crippen LogP contribution in [0.15, 0.2) is 35.6 Å². The molecule has 1 rings (SSSR count). The van der Waals surface area contributed by atoms with E-state index in [1.807, 2.05) is 19.9 Å². The van der Waals surface area contributed by atoms with Crippen molar-refractivity contribution in [3.05, 3.63) is 35.6 Å². The van der Waals surface area contributed by atoms with Crippen molar-refractivity contribution in [3.8, 4) is 0 Å². The van der Waals surface area contributed by atoms with Gasteiger partial charge in [0, 0.05) is 12.8 Å². The van der Waals surface area contributed by atoms with Crippen LogP contribution in [0.25, 0.3) is 0 Å². The fourth-order valence-electron chi connectivity index (χ4n) is 1.40. The summed E-state index contributed by atoms with van der Waals surface area (Å²) in [6, 6.07) is 0. The molecule has 0 aliphatic heterocycles. The summed E-state index contributed by atoms with van der Waals surface area (Å²) >= 11 is 0. The van der Waals surface area contributed by atoms with Gasteiger partial charge in [0.15, 0.2) is 0 Å². The Hall–Kier alpha value is -1.31. The molecule has 0 radical (unpaired) electrons. The lowest BCUT2D eigenvalue weighted by atomic mass is 9.91. The minimum atomic E-state index is -0.272. The number of ether oxygens (including phenoxy) is 1. The van der Waals surface area contributed by atoms with Crippen LogP contribution in [0.5, 0.6) is 0 Å². The van der Waals surface area contributed by atoms with Gasteiger partial charge in [-0.1, -0.05) is 18.2 Å². The molecule has 0 aromatic carbocycles. The van der Waals surface area contributed by atoms with Crippen LogP contribution >= 0.6 is 0 Å². The summed E-state index contributed by atoms with van der Waals surface area (Å²) in [7, 11) is 0. The van der Waals surface area contributed by atoms with Gasteiger partial charge in [0.25, 0.3) is 0 Å². The number of hydrogen-bond acceptors (Lipinski definition) is 2. The molecule has 2 heteroatoms. The molecular formula is C12H16O2. The van der Waals surface area contributed by atoms with E-state index in [-0.39, 0.29) is 5.97 Å². The van der Waals surface area contributed by atoms with Crippen LogP contribution in [-0.4, -0.2) is 5.97 Å². The third-order valence-electron chi connectivity index (χ3n) is 2.31. The first-order valence-electron chi connectivity index (χ1n) is 4.73. The largest absolute Gasteiger partial charge is 0.427 e. The lowest BCUT2D eigenvalue weighted by molar-refractivity contribution is -0.136. The Bertz CT molecular complexity index is 321. The van der Waals surface area contributed by atoms with E-state index in [4.69, 9.17) is 4.74 Å². The highest BCUT2D eigenvalue weighted by Gasteiger charge is 2.15. The monoisotopic (exact) mass is 192 g/mol. The number of esters is 1. The molecule has 76 valence electrons. The molecule has 0 aromatic heterocycles. The maximum Gasteiger partial charge on any atom is 0.308 e. The summed E-state index contributed by atoms with van der Waals surface area (Å²) in [5.41, 5.74) is 2.12. The van der Waals surface area contributed by atoms with Crippen LogP contribution in [0.1, 0.15) is 27.2 Å². The average Bonchev–Trinajstić information content (AvgIpc) is 2.07. The maximum absolute atomic E-state index is 10.8. The smallest absolute Gasteiger partial charge is 0.308 e. The van der Waals surface area contributed by atoms with E-state index >= 15 is 0 Å². The zero-order chi connectivity index (χ0) is 10.7. The predicted molar refractivity (Wildman–Crippen MR) is 56.5 cm³/mol. The van der Waals surface area contributed by atoms with E-state index in [1.54, 1.807) is 0 Å². The van der Waals surface area contributed by atoms with Gasteiger partial charge < -0.3 is 4.74 Å². The summed E-state index contributed by atoms with van der Waals surface area (Å²) in [5, 5.41) is 0. The Kier molecular flexibility index (Phi) is 3.28. The molecule has 1 atom stereocenters. The second-order valence-corrected chi connectivity index (χ2v) is 3.70. The van der Waals surface area contributed by atoms with Gasteiger partial charge in [-0.2, -0.15) is 0 Å². The SMILES string of the molecule is C=C(C)[C@H]1C=C(OC(C)=O)C(C)=CC1. The summed E-state index contributed by atoms with van der Waals surface area (Å²) in [6.45, 7) is 9.25. The Balaban J connectivity index is 2.82. The van der Waals surface area contributed by atoms with Crippen molar-refractivity contribution < 1.29 is 9.53 Å². The standard InChI is InChI=1S/C12H16O2/c1-8(2)11-6-5-9(3)12(7-11)14-10(4)13/h5,7,11H,1,6H2,2-4H3/t11-/m1/s1. The van der Waals surface area contributed by atoms with Crippen LogP contribution in [0, 0.1) is 5.92 Å². The van der Waals surface area contributed by atoms with E-state index in [1.165, 1.54) is 6.92 Å². The van der Waals surface area contributed by atoms with Gasteiger partial charge in [0.05, 0.1) is 0 Å². The first-order valence-corrected chi connectivity index (χ1v) is 4.73. The summed E-state index contributed by atoms with van der Waals surface area (Å²) in [4.78, 5) is 10.8. The normalized spacial score (nSPS) is 20.9. The number of allylic oxidation sites excluding steroid dienone is 4. The van der Waals surface area contributed by atoms with E-state index in [0.717, 1.165) is 17.6 Å². The molecule has 1 aliphatic carbocycles. The molecule has 0 heterocycles. The molecule has 0 saturated heterocycles. The zero-order valence-corrected chi connectivity index (χ0v) is 8.96. The molecule has 0 amide bonds. The molecule has 1 aliphatic rings. The van der Waals surface area contributed by atoms with Gasteiger partial charge in [-0.15, -0.1) is 0 Å². The van der Waals surface area contributed by atoms with Crippen LogP contribution in [0.3, 0.4) is 0 Å². The Morgan fingerprint density at radius 3 is 2.71 bits per heavy atom. The summed E-state index contributed by atoms with van der Waals surface area (Å²) in [6.07, 6.45) is 5.00. The van der Waals surface area contributed by atoms with Crippen molar-refractivity contribution in [3.63, 3.8) is 0 Å². The van der Waals surface area contributed by atoms with Crippen LogP contribution in [0.2, 0.25) is 0 Å². The third kappa shape index (κ3) is 2.59. The number of carbonyl (C=O) groups excluding carboxylic acids is 1. The van der Waals surface area contributed by atoms with Crippen molar-refractivity contribution in [2.24, 2.45) is 5.92 Å². The van der Waals surface area contributed by atoms with Crippen molar-refractivity contribution in [1.29, 1.82) is 0 Å². The van der Waals surface area contributed by atoms with Gasteiger partial charge in [0.1, 0.15) is 5.76 Å². The average molecular weight is 192 g/mol. The number of carbonyl (C=O) groups is 1. The highest BCUT2D eigenvalue weighted by atomic mass is 16.5. The molecule has 0 unspecified atom stereocenters. The van der Waals surface area contributed by atoms with Gasteiger partial charge in [-0.05, 0) is 31.9 Å². The molecule has 2 nitrogen and oxygen atoms in total. The zero-order valence-electron chi connectivity index (χ0n) is 8.96. The molecule has 0 spiro atoms. The van der Waals surface area contributed by atoms with Gasteiger partial charge in [0.2, 0.25) is 0 Å². The fraction of sp³-hybridized carbons (Fsp3) is 0.417. The van der Waals surface area contributed by atoms with Crippen LogP contribution < -0.4 is 0 Å². The van der Waals surface area contributed by atoms with Crippen LogP contribution in [0.4, 0.5) is 0 Å². The van der Waals surface area contributed by atoms with Gasteiger partial charge >= 0.3 is 5.97 Å².